The monoisotopic (exact) mass is 452 g/mol. The van der Waals surface area contributed by atoms with Gasteiger partial charge in [0.2, 0.25) is 0 Å². The summed E-state index contributed by atoms with van der Waals surface area (Å²) in [6, 6.07) is 11.7. The Kier molecular flexibility index (Phi) is 7.76. The molecule has 2 aromatic carbocycles. The van der Waals surface area contributed by atoms with E-state index >= 15 is 0 Å². The second-order valence-corrected chi connectivity index (χ2v) is 7.95. The first-order valence-electron chi connectivity index (χ1n) is 11.2. The third kappa shape index (κ3) is 4.73. The van der Waals surface area contributed by atoms with Crippen LogP contribution in [0.1, 0.15) is 36.6 Å². The zero-order chi connectivity index (χ0) is 24.1. The first-order valence-corrected chi connectivity index (χ1v) is 11.2. The number of hydrogen-bond acceptors (Lipinski definition) is 6. The molecule has 1 aliphatic rings. The third-order valence-electron chi connectivity index (χ3n) is 6.19. The van der Waals surface area contributed by atoms with Crippen molar-refractivity contribution in [2.45, 2.75) is 26.8 Å². The number of likely N-dealkylation sites (N-methyl/N-ethyl adjacent to an activating group) is 1. The van der Waals surface area contributed by atoms with Gasteiger partial charge in [-0.2, -0.15) is 0 Å². The molecule has 0 bridgehead atoms. The molecule has 176 valence electrons. The van der Waals surface area contributed by atoms with E-state index in [0.717, 1.165) is 18.7 Å². The largest absolute Gasteiger partial charge is 0.507 e. The van der Waals surface area contributed by atoms with Gasteiger partial charge < -0.3 is 24.4 Å². The summed E-state index contributed by atoms with van der Waals surface area (Å²) in [6.45, 7) is 8.62. The lowest BCUT2D eigenvalue weighted by atomic mass is 9.94. The van der Waals surface area contributed by atoms with Crippen molar-refractivity contribution < 1.29 is 24.2 Å². The zero-order valence-electron chi connectivity index (χ0n) is 19.9. The Balaban J connectivity index is 2.16. The molecule has 1 amide bonds. The van der Waals surface area contributed by atoms with Crippen molar-refractivity contribution in [3.05, 3.63) is 64.7 Å². The predicted molar refractivity (Wildman–Crippen MR) is 128 cm³/mol. The molecule has 7 nitrogen and oxygen atoms in total. The maximum absolute atomic E-state index is 13.2. The molecule has 1 aliphatic heterocycles. The van der Waals surface area contributed by atoms with Crippen molar-refractivity contribution >= 4 is 17.4 Å². The lowest BCUT2D eigenvalue weighted by Crippen LogP contribution is -2.38. The number of Topliss-reactive ketones (excluding diaryl/α,β-unsaturated/α-hetero) is 1. The van der Waals surface area contributed by atoms with Gasteiger partial charge in [-0.05, 0) is 49.8 Å². The van der Waals surface area contributed by atoms with Gasteiger partial charge in [0, 0.05) is 24.2 Å². The summed E-state index contributed by atoms with van der Waals surface area (Å²) in [7, 11) is 3.12. The first kappa shape index (κ1) is 24.3. The van der Waals surface area contributed by atoms with Gasteiger partial charge in [-0.15, -0.1) is 0 Å². The number of ether oxygens (including phenoxy) is 2. The van der Waals surface area contributed by atoms with Crippen LogP contribution >= 0.6 is 0 Å². The Bertz CT molecular complexity index is 1060. The van der Waals surface area contributed by atoms with E-state index in [9.17, 15) is 14.7 Å². The number of rotatable bonds is 9. The van der Waals surface area contributed by atoms with E-state index in [2.05, 4.69) is 18.7 Å². The van der Waals surface area contributed by atoms with E-state index in [4.69, 9.17) is 9.47 Å². The molecule has 3 rings (SSSR count). The number of aryl methyl sites for hydroxylation is 1. The Morgan fingerprint density at radius 2 is 1.70 bits per heavy atom. The minimum atomic E-state index is -0.751. The maximum atomic E-state index is 13.2. The number of para-hydroxylation sites is 1. The highest BCUT2D eigenvalue weighted by Gasteiger charge is 2.46. The van der Waals surface area contributed by atoms with Gasteiger partial charge in [-0.1, -0.05) is 32.0 Å². The maximum Gasteiger partial charge on any atom is 0.295 e. The van der Waals surface area contributed by atoms with Gasteiger partial charge in [0.15, 0.2) is 0 Å². The number of likely N-dealkylation sites (tertiary alicyclic amines) is 1. The number of benzene rings is 2. The van der Waals surface area contributed by atoms with E-state index in [1.54, 1.807) is 43.4 Å². The highest BCUT2D eigenvalue weighted by Crippen LogP contribution is 2.42. The van der Waals surface area contributed by atoms with Crippen molar-refractivity contribution in [1.29, 1.82) is 0 Å². The van der Waals surface area contributed by atoms with Gasteiger partial charge >= 0.3 is 0 Å². The SMILES string of the molecule is CCN(CC)CCN1C(=O)C(=O)/C(=C(/O)c2ccc(OC)c(C)c2)[C@@H]1c1ccccc1OC. The summed E-state index contributed by atoms with van der Waals surface area (Å²) >= 11 is 0. The number of amides is 1. The quantitative estimate of drug-likeness (QED) is 0.354. The number of methoxy groups -OCH3 is 2. The zero-order valence-corrected chi connectivity index (χ0v) is 19.9. The standard InChI is InChI=1S/C26H32N2O5/c1-6-27(7-2)14-15-28-23(19-10-8-9-11-21(19)33-5)22(25(30)26(28)31)24(29)18-12-13-20(32-4)17(3)16-18/h8-13,16,23,29H,6-7,14-15H2,1-5H3/b24-22+/t23-/m0/s1. The van der Waals surface area contributed by atoms with Crippen molar-refractivity contribution in [3.8, 4) is 11.5 Å². The number of hydrogen-bond donors (Lipinski definition) is 1. The summed E-state index contributed by atoms with van der Waals surface area (Å²) in [5, 5.41) is 11.3. The number of nitrogens with zero attached hydrogens (tertiary/aromatic N) is 2. The second-order valence-electron chi connectivity index (χ2n) is 7.95. The van der Waals surface area contributed by atoms with E-state index in [1.165, 1.54) is 0 Å². The van der Waals surface area contributed by atoms with Crippen LogP contribution in [-0.4, -0.2) is 67.0 Å². The highest BCUT2D eigenvalue weighted by atomic mass is 16.5. The summed E-state index contributed by atoms with van der Waals surface area (Å²) < 4.78 is 10.9. The number of aliphatic hydroxyl groups is 1. The van der Waals surface area contributed by atoms with Crippen molar-refractivity contribution in [2.24, 2.45) is 0 Å². The molecule has 0 aromatic heterocycles. The Hall–Kier alpha value is -3.32. The molecule has 33 heavy (non-hydrogen) atoms. The number of aliphatic hydroxyl groups excluding tert-OH is 1. The molecule has 0 radical (unpaired) electrons. The van der Waals surface area contributed by atoms with E-state index in [0.29, 0.717) is 35.7 Å². The molecular formula is C26H32N2O5. The van der Waals surface area contributed by atoms with Gasteiger partial charge in [0.25, 0.3) is 11.7 Å². The molecule has 1 heterocycles. The number of ketones is 1. The Morgan fingerprint density at radius 3 is 2.30 bits per heavy atom. The average molecular weight is 453 g/mol. The van der Waals surface area contributed by atoms with Crippen LogP contribution < -0.4 is 9.47 Å². The number of carbonyl (C=O) groups is 2. The predicted octanol–water partition coefficient (Wildman–Crippen LogP) is 3.78. The lowest BCUT2D eigenvalue weighted by molar-refractivity contribution is -0.140. The second kappa shape index (κ2) is 10.5. The molecule has 1 atom stereocenters. The molecule has 1 saturated heterocycles. The molecule has 0 saturated carbocycles. The fraction of sp³-hybridized carbons (Fsp3) is 0.385. The van der Waals surface area contributed by atoms with Crippen molar-refractivity contribution in [3.63, 3.8) is 0 Å². The van der Waals surface area contributed by atoms with Gasteiger partial charge in [0.1, 0.15) is 17.3 Å². The molecule has 0 spiro atoms. The minimum Gasteiger partial charge on any atom is -0.507 e. The minimum absolute atomic E-state index is 0.0635. The van der Waals surface area contributed by atoms with Crippen LogP contribution in [0.25, 0.3) is 5.76 Å². The Morgan fingerprint density at radius 1 is 1.03 bits per heavy atom. The fourth-order valence-corrected chi connectivity index (χ4v) is 4.30. The van der Waals surface area contributed by atoms with Gasteiger partial charge in [-0.3, -0.25) is 9.59 Å². The summed E-state index contributed by atoms with van der Waals surface area (Å²) in [4.78, 5) is 30.1. The Labute approximate surface area is 195 Å². The van der Waals surface area contributed by atoms with Crippen molar-refractivity contribution in [1.82, 2.24) is 9.80 Å². The molecule has 0 unspecified atom stereocenters. The van der Waals surface area contributed by atoms with Crippen LogP contribution in [0.15, 0.2) is 48.0 Å². The van der Waals surface area contributed by atoms with Crippen LogP contribution in [0, 0.1) is 6.92 Å². The van der Waals surface area contributed by atoms with Crippen LogP contribution in [-0.2, 0) is 9.59 Å². The first-order chi connectivity index (χ1) is 15.9. The lowest BCUT2D eigenvalue weighted by Gasteiger charge is -2.29. The normalized spacial score (nSPS) is 17.6. The molecule has 0 aliphatic carbocycles. The number of carbonyl (C=O) groups excluding carboxylic acids is 2. The summed E-state index contributed by atoms with van der Waals surface area (Å²) in [5.74, 6) is -0.303. The van der Waals surface area contributed by atoms with E-state index in [-0.39, 0.29) is 11.3 Å². The van der Waals surface area contributed by atoms with Gasteiger partial charge in [0.05, 0.1) is 25.8 Å². The molecule has 7 heteroatoms. The van der Waals surface area contributed by atoms with Crippen LogP contribution in [0.2, 0.25) is 0 Å². The summed E-state index contributed by atoms with van der Waals surface area (Å²) in [5.41, 5.74) is 1.99. The van der Waals surface area contributed by atoms with Crippen molar-refractivity contribution in [2.75, 3.05) is 40.4 Å². The average Bonchev–Trinajstić information content (AvgIpc) is 3.08. The molecule has 2 aromatic rings. The topological polar surface area (TPSA) is 79.3 Å². The third-order valence-corrected chi connectivity index (χ3v) is 6.19. The molecular weight excluding hydrogens is 420 g/mol. The van der Waals surface area contributed by atoms with Gasteiger partial charge in [-0.25, -0.2) is 0 Å². The van der Waals surface area contributed by atoms with E-state index < -0.39 is 17.7 Å². The van der Waals surface area contributed by atoms with Crippen LogP contribution in [0.5, 0.6) is 11.5 Å². The van der Waals surface area contributed by atoms with Crippen LogP contribution in [0.4, 0.5) is 0 Å². The van der Waals surface area contributed by atoms with E-state index in [1.807, 2.05) is 25.1 Å². The fourth-order valence-electron chi connectivity index (χ4n) is 4.30. The highest BCUT2D eigenvalue weighted by molar-refractivity contribution is 6.46. The molecule has 1 N–H and O–H groups in total. The summed E-state index contributed by atoms with van der Waals surface area (Å²) in [6.07, 6.45) is 0. The smallest absolute Gasteiger partial charge is 0.295 e. The van der Waals surface area contributed by atoms with Crippen LogP contribution in [0.3, 0.4) is 0 Å². The molecule has 1 fully saturated rings.